The maximum atomic E-state index is 13.6. The molecular formula is C13H15FN2O2. The number of nitriles is 1. The van der Waals surface area contributed by atoms with Crippen LogP contribution in [0.15, 0.2) is 18.2 Å². The summed E-state index contributed by atoms with van der Waals surface area (Å²) in [5.41, 5.74) is 0.572. The van der Waals surface area contributed by atoms with E-state index in [0.29, 0.717) is 12.3 Å². The first-order chi connectivity index (χ1) is 8.58. The number of hydrogen-bond acceptors (Lipinski definition) is 4. The molecule has 0 bridgehead atoms. The average molecular weight is 250 g/mol. The Morgan fingerprint density at radius 2 is 2.28 bits per heavy atom. The third kappa shape index (κ3) is 3.74. The Morgan fingerprint density at radius 1 is 1.56 bits per heavy atom. The maximum absolute atomic E-state index is 13.6. The number of carbonyl (C=O) groups excluding carboxylic acids is 1. The second-order valence-corrected chi connectivity index (χ2v) is 3.78. The monoisotopic (exact) mass is 250 g/mol. The van der Waals surface area contributed by atoms with E-state index >= 15 is 0 Å². The van der Waals surface area contributed by atoms with Gasteiger partial charge in [0, 0.05) is 18.8 Å². The predicted molar refractivity (Wildman–Crippen MR) is 66.1 cm³/mol. The van der Waals surface area contributed by atoms with Crippen LogP contribution in [-0.4, -0.2) is 26.0 Å². The van der Waals surface area contributed by atoms with Gasteiger partial charge in [-0.15, -0.1) is 0 Å². The van der Waals surface area contributed by atoms with E-state index in [1.807, 2.05) is 0 Å². The Balaban J connectivity index is 2.75. The van der Waals surface area contributed by atoms with Crippen LogP contribution in [0.3, 0.4) is 0 Å². The van der Waals surface area contributed by atoms with Gasteiger partial charge in [0.1, 0.15) is 0 Å². The molecule has 0 amide bonds. The van der Waals surface area contributed by atoms with Crippen LogP contribution >= 0.6 is 0 Å². The van der Waals surface area contributed by atoms with Crippen LogP contribution in [0.2, 0.25) is 0 Å². The fourth-order valence-electron chi connectivity index (χ4n) is 1.50. The van der Waals surface area contributed by atoms with E-state index in [4.69, 9.17) is 10.00 Å². The number of anilines is 1. The summed E-state index contributed by atoms with van der Waals surface area (Å²) in [5.74, 6) is -0.471. The number of ether oxygens (including phenoxy) is 1. The van der Waals surface area contributed by atoms with Crippen molar-refractivity contribution in [3.63, 3.8) is 0 Å². The first kappa shape index (κ1) is 14.0. The smallest absolute Gasteiger partial charge is 0.167 e. The van der Waals surface area contributed by atoms with Gasteiger partial charge in [0.25, 0.3) is 0 Å². The average Bonchev–Trinajstić information content (AvgIpc) is 2.32. The van der Waals surface area contributed by atoms with Gasteiger partial charge in [-0.05, 0) is 19.1 Å². The highest BCUT2D eigenvalue weighted by Gasteiger charge is 2.10. The predicted octanol–water partition coefficient (Wildman–Crippen LogP) is 2.14. The molecule has 0 saturated carbocycles. The van der Waals surface area contributed by atoms with Gasteiger partial charge in [-0.25, -0.2) is 4.39 Å². The molecule has 0 heterocycles. The Morgan fingerprint density at radius 3 is 2.83 bits per heavy atom. The molecule has 1 aromatic rings. The topological polar surface area (TPSA) is 53.3 Å². The number of hydrogen-bond donors (Lipinski definition) is 0. The van der Waals surface area contributed by atoms with Crippen molar-refractivity contribution in [3.05, 3.63) is 24.0 Å². The molecule has 1 rings (SSSR count). The molecule has 0 aliphatic heterocycles. The lowest BCUT2D eigenvalue weighted by Gasteiger charge is -2.18. The van der Waals surface area contributed by atoms with Crippen LogP contribution in [0.1, 0.15) is 13.3 Å². The largest absolute Gasteiger partial charge is 0.491 e. The molecule has 0 aliphatic rings. The van der Waals surface area contributed by atoms with Gasteiger partial charge in [0.05, 0.1) is 25.6 Å². The van der Waals surface area contributed by atoms with E-state index in [2.05, 4.69) is 0 Å². The molecule has 96 valence electrons. The summed E-state index contributed by atoms with van der Waals surface area (Å²) in [7, 11) is 1.67. The molecule has 0 aromatic heterocycles. The third-order valence-corrected chi connectivity index (χ3v) is 2.35. The summed E-state index contributed by atoms with van der Waals surface area (Å²) in [4.78, 5) is 12.9. The maximum Gasteiger partial charge on any atom is 0.167 e. The Hall–Kier alpha value is -2.09. The Labute approximate surface area is 106 Å². The molecule has 1 aromatic carbocycles. The molecule has 0 fully saturated rings. The lowest BCUT2D eigenvalue weighted by molar-refractivity contribution is -0.116. The number of carbonyl (C=O) groups is 1. The van der Waals surface area contributed by atoms with E-state index in [0.717, 1.165) is 0 Å². The number of likely N-dealkylation sites (N-methyl/N-ethyl adjacent to an activating group) is 1. The van der Waals surface area contributed by atoms with E-state index < -0.39 is 5.82 Å². The number of halogens is 1. The second-order valence-electron chi connectivity index (χ2n) is 3.78. The molecular weight excluding hydrogens is 235 g/mol. The van der Waals surface area contributed by atoms with Crippen LogP contribution in [0.5, 0.6) is 5.75 Å². The zero-order valence-corrected chi connectivity index (χ0v) is 10.4. The fourth-order valence-corrected chi connectivity index (χ4v) is 1.50. The summed E-state index contributed by atoms with van der Waals surface area (Å²) < 4.78 is 18.7. The van der Waals surface area contributed by atoms with Gasteiger partial charge in [0.2, 0.25) is 0 Å². The van der Waals surface area contributed by atoms with Gasteiger partial charge >= 0.3 is 0 Å². The van der Waals surface area contributed by atoms with Crippen LogP contribution < -0.4 is 9.64 Å². The molecule has 0 saturated heterocycles. The quantitative estimate of drug-likeness (QED) is 0.776. The molecule has 0 unspecified atom stereocenters. The van der Waals surface area contributed by atoms with E-state index in [1.54, 1.807) is 31.0 Å². The van der Waals surface area contributed by atoms with Gasteiger partial charge in [-0.2, -0.15) is 5.26 Å². The highest BCUT2D eigenvalue weighted by atomic mass is 19.1. The lowest BCUT2D eigenvalue weighted by atomic mass is 10.2. The first-order valence-electron chi connectivity index (χ1n) is 5.60. The van der Waals surface area contributed by atoms with E-state index in [1.165, 1.54) is 12.1 Å². The summed E-state index contributed by atoms with van der Waals surface area (Å²) in [5, 5.41) is 8.39. The molecule has 0 spiro atoms. The van der Waals surface area contributed by atoms with Gasteiger partial charge < -0.3 is 9.64 Å². The molecule has 4 nitrogen and oxygen atoms in total. The normalized spacial score (nSPS) is 9.67. The first-order valence-corrected chi connectivity index (χ1v) is 5.60. The molecule has 0 N–H and O–H groups in total. The summed E-state index contributed by atoms with van der Waals surface area (Å²) in [6.45, 7) is 2.26. The van der Waals surface area contributed by atoms with Gasteiger partial charge in [0.15, 0.2) is 17.3 Å². The van der Waals surface area contributed by atoms with Crippen molar-refractivity contribution in [1.82, 2.24) is 0 Å². The second kappa shape index (κ2) is 6.60. The number of Topliss-reactive ketones (excluding diaryl/α,β-unsaturated/α-hetero) is 1. The van der Waals surface area contributed by atoms with Crippen molar-refractivity contribution in [2.75, 3.05) is 25.1 Å². The molecule has 5 heteroatoms. The van der Waals surface area contributed by atoms with Crippen molar-refractivity contribution in [3.8, 4) is 11.8 Å². The summed E-state index contributed by atoms with van der Waals surface area (Å²) >= 11 is 0. The van der Waals surface area contributed by atoms with Crippen LogP contribution in [0, 0.1) is 17.1 Å². The lowest BCUT2D eigenvalue weighted by Crippen LogP contribution is -2.25. The van der Waals surface area contributed by atoms with Crippen LogP contribution in [0.25, 0.3) is 0 Å². The Bertz CT molecular complexity index is 469. The van der Waals surface area contributed by atoms with Crippen LogP contribution in [-0.2, 0) is 4.79 Å². The summed E-state index contributed by atoms with van der Waals surface area (Å²) in [6.07, 6.45) is -0.135. The number of benzene rings is 1. The number of rotatable bonds is 6. The molecule has 0 aliphatic carbocycles. The van der Waals surface area contributed by atoms with Gasteiger partial charge in [-0.1, -0.05) is 0 Å². The summed E-state index contributed by atoms with van der Waals surface area (Å²) in [6, 6.07) is 6.30. The minimum absolute atomic E-state index is 0.0843. The van der Waals surface area contributed by atoms with E-state index in [9.17, 15) is 9.18 Å². The van der Waals surface area contributed by atoms with Crippen LogP contribution in [0.4, 0.5) is 10.1 Å². The number of ketones is 1. The molecule has 0 atom stereocenters. The molecule has 18 heavy (non-hydrogen) atoms. The zero-order valence-electron chi connectivity index (χ0n) is 10.4. The van der Waals surface area contributed by atoms with Crippen molar-refractivity contribution in [2.45, 2.75) is 13.3 Å². The van der Waals surface area contributed by atoms with E-state index in [-0.39, 0.29) is 24.5 Å². The molecule has 0 radical (unpaired) electrons. The fraction of sp³-hybridized carbons (Fsp3) is 0.385. The minimum Gasteiger partial charge on any atom is -0.491 e. The third-order valence-electron chi connectivity index (χ3n) is 2.35. The van der Waals surface area contributed by atoms with Crippen molar-refractivity contribution >= 4 is 11.5 Å². The van der Waals surface area contributed by atoms with Crippen molar-refractivity contribution in [1.29, 1.82) is 5.26 Å². The highest BCUT2D eigenvalue weighted by molar-refractivity contribution is 5.85. The standard InChI is InChI=1S/C13H15FN2O2/c1-3-18-13-5-4-10(8-12(13)14)16(2)9-11(17)6-7-15/h4-5,8H,3,6,9H2,1-2H3. The van der Waals surface area contributed by atoms with Crippen molar-refractivity contribution < 1.29 is 13.9 Å². The van der Waals surface area contributed by atoms with Gasteiger partial charge in [-0.3, -0.25) is 4.79 Å². The minimum atomic E-state index is -0.464. The SMILES string of the molecule is CCOc1ccc(N(C)CC(=O)CC#N)cc1F. The Kier molecular flexibility index (Phi) is 5.12. The van der Waals surface area contributed by atoms with Crippen molar-refractivity contribution in [2.24, 2.45) is 0 Å². The zero-order chi connectivity index (χ0) is 13.5. The number of nitrogens with zero attached hydrogens (tertiary/aromatic N) is 2. The highest BCUT2D eigenvalue weighted by Crippen LogP contribution is 2.23.